The van der Waals surface area contributed by atoms with Crippen LogP contribution in [0.25, 0.3) is 0 Å². The highest BCUT2D eigenvalue weighted by molar-refractivity contribution is 7.89. The third kappa shape index (κ3) is 5.26. The van der Waals surface area contributed by atoms with Crippen LogP contribution in [0.4, 0.5) is 0 Å². The summed E-state index contributed by atoms with van der Waals surface area (Å²) in [4.78, 5) is 12.4. The molecule has 0 bridgehead atoms. The van der Waals surface area contributed by atoms with E-state index in [1.54, 1.807) is 19.1 Å². The zero-order valence-electron chi connectivity index (χ0n) is 15.2. The van der Waals surface area contributed by atoms with Gasteiger partial charge in [0.05, 0.1) is 23.2 Å². The number of hydrogen-bond donors (Lipinski definition) is 0. The van der Waals surface area contributed by atoms with Crippen LogP contribution in [0.2, 0.25) is 0 Å². The van der Waals surface area contributed by atoms with Gasteiger partial charge in [-0.05, 0) is 51.3 Å². The zero-order valence-corrected chi connectivity index (χ0v) is 16.0. The zero-order chi connectivity index (χ0) is 18.4. The van der Waals surface area contributed by atoms with E-state index in [1.165, 1.54) is 10.4 Å². The molecule has 2 rings (SSSR count). The average molecular weight is 369 g/mol. The molecule has 0 aliphatic carbocycles. The topological polar surface area (TPSA) is 72.9 Å². The molecule has 0 atom stereocenters. The molecule has 7 heteroatoms. The second-order valence-corrected chi connectivity index (χ2v) is 8.41. The largest absolute Gasteiger partial charge is 0.460 e. The van der Waals surface area contributed by atoms with Crippen LogP contribution < -0.4 is 0 Å². The number of aryl methyl sites for hydroxylation is 1. The molecule has 0 radical (unpaired) electrons. The van der Waals surface area contributed by atoms with Crippen LogP contribution in [0.5, 0.6) is 0 Å². The lowest BCUT2D eigenvalue weighted by Gasteiger charge is -2.26. The number of rotatable bonds is 7. The molecule has 1 aromatic carbocycles. The van der Waals surface area contributed by atoms with E-state index in [2.05, 4.69) is 0 Å². The third-order valence-corrected chi connectivity index (χ3v) is 6.17. The summed E-state index contributed by atoms with van der Waals surface area (Å²) in [5, 5.41) is 0. The predicted molar refractivity (Wildman–Crippen MR) is 95.2 cm³/mol. The quantitative estimate of drug-likeness (QED) is 0.546. The van der Waals surface area contributed by atoms with Crippen molar-refractivity contribution in [2.45, 2.75) is 51.0 Å². The van der Waals surface area contributed by atoms with Gasteiger partial charge in [0.1, 0.15) is 6.61 Å². The van der Waals surface area contributed by atoms with E-state index in [4.69, 9.17) is 9.47 Å². The Morgan fingerprint density at radius 2 is 1.84 bits per heavy atom. The molecule has 1 heterocycles. The molecule has 140 valence electrons. The molecule has 0 spiro atoms. The molecular weight excluding hydrogens is 342 g/mol. The van der Waals surface area contributed by atoms with Crippen LogP contribution in [0.1, 0.15) is 49.0 Å². The molecule has 0 unspecified atom stereocenters. The highest BCUT2D eigenvalue weighted by atomic mass is 32.2. The summed E-state index contributed by atoms with van der Waals surface area (Å²) >= 11 is 0. The Morgan fingerprint density at radius 3 is 2.48 bits per heavy atom. The van der Waals surface area contributed by atoms with Gasteiger partial charge in [0, 0.05) is 13.1 Å². The lowest BCUT2D eigenvalue weighted by atomic mass is 10.1. The van der Waals surface area contributed by atoms with Gasteiger partial charge in [0.15, 0.2) is 0 Å². The van der Waals surface area contributed by atoms with E-state index in [0.717, 1.165) is 19.3 Å². The first-order valence-electron chi connectivity index (χ1n) is 8.72. The van der Waals surface area contributed by atoms with Crippen LogP contribution in [0.3, 0.4) is 0 Å². The Balaban J connectivity index is 2.12. The maximum Gasteiger partial charge on any atom is 0.338 e. The number of sulfonamides is 1. The Hall–Kier alpha value is -1.44. The smallest absolute Gasteiger partial charge is 0.338 e. The number of carbonyl (C=O) groups excluding carboxylic acids is 1. The van der Waals surface area contributed by atoms with Crippen molar-refractivity contribution in [3.63, 3.8) is 0 Å². The van der Waals surface area contributed by atoms with Gasteiger partial charge < -0.3 is 9.47 Å². The highest BCUT2D eigenvalue weighted by Crippen LogP contribution is 2.24. The van der Waals surface area contributed by atoms with Crippen molar-refractivity contribution in [2.24, 2.45) is 0 Å². The van der Waals surface area contributed by atoms with Crippen molar-refractivity contribution in [2.75, 3.05) is 26.3 Å². The predicted octanol–water partition coefficient (Wildman–Crippen LogP) is 2.75. The first kappa shape index (κ1) is 19.9. The molecule has 6 nitrogen and oxygen atoms in total. The second-order valence-electron chi connectivity index (χ2n) is 6.50. The molecule has 1 aromatic rings. The molecule has 1 fully saturated rings. The number of benzene rings is 1. The lowest BCUT2D eigenvalue weighted by molar-refractivity contribution is 0.0176. The monoisotopic (exact) mass is 369 g/mol. The van der Waals surface area contributed by atoms with Crippen molar-refractivity contribution in [3.8, 4) is 0 Å². The van der Waals surface area contributed by atoms with Gasteiger partial charge in [0.2, 0.25) is 10.0 Å². The van der Waals surface area contributed by atoms with Crippen LogP contribution in [0.15, 0.2) is 23.1 Å². The minimum absolute atomic E-state index is 0.0689. The Morgan fingerprint density at radius 1 is 1.16 bits per heavy atom. The van der Waals surface area contributed by atoms with E-state index < -0.39 is 16.0 Å². The number of ether oxygens (including phenoxy) is 2. The fraction of sp³-hybridized carbons (Fsp3) is 0.611. The first-order chi connectivity index (χ1) is 11.8. The van der Waals surface area contributed by atoms with Crippen molar-refractivity contribution in [1.82, 2.24) is 4.31 Å². The molecule has 1 saturated heterocycles. The lowest BCUT2D eigenvalue weighted by Crippen LogP contribution is -2.36. The molecule has 1 aliphatic heterocycles. The average Bonchev–Trinajstić information content (AvgIpc) is 2.59. The number of nitrogens with zero attached hydrogens (tertiary/aromatic N) is 1. The highest BCUT2D eigenvalue weighted by Gasteiger charge is 2.28. The van der Waals surface area contributed by atoms with Crippen molar-refractivity contribution in [1.29, 1.82) is 0 Å². The third-order valence-electron chi connectivity index (χ3n) is 4.12. The minimum atomic E-state index is -3.58. The van der Waals surface area contributed by atoms with E-state index in [9.17, 15) is 13.2 Å². The van der Waals surface area contributed by atoms with E-state index >= 15 is 0 Å². The van der Waals surface area contributed by atoms with Gasteiger partial charge in [-0.2, -0.15) is 4.31 Å². The van der Waals surface area contributed by atoms with Gasteiger partial charge in [-0.15, -0.1) is 0 Å². The van der Waals surface area contributed by atoms with Crippen molar-refractivity contribution in [3.05, 3.63) is 29.3 Å². The van der Waals surface area contributed by atoms with Gasteiger partial charge in [-0.25, -0.2) is 13.2 Å². The molecule has 0 aromatic heterocycles. The normalized spacial score (nSPS) is 16.2. The van der Waals surface area contributed by atoms with E-state index in [-0.39, 0.29) is 23.2 Å². The molecule has 25 heavy (non-hydrogen) atoms. The van der Waals surface area contributed by atoms with Gasteiger partial charge in [0.25, 0.3) is 0 Å². The SMILES string of the molecule is Cc1ccc(C(=O)OCCOC(C)C)cc1S(=O)(=O)N1CCCCC1. The summed E-state index contributed by atoms with van der Waals surface area (Å²) < 4.78 is 37.7. The van der Waals surface area contributed by atoms with Gasteiger partial charge in [-0.3, -0.25) is 0 Å². The Bertz CT molecular complexity index is 693. The fourth-order valence-electron chi connectivity index (χ4n) is 2.75. The van der Waals surface area contributed by atoms with Gasteiger partial charge >= 0.3 is 5.97 Å². The summed E-state index contributed by atoms with van der Waals surface area (Å²) in [5.41, 5.74) is 0.871. The minimum Gasteiger partial charge on any atom is -0.460 e. The number of hydrogen-bond acceptors (Lipinski definition) is 5. The van der Waals surface area contributed by atoms with Crippen molar-refractivity contribution < 1.29 is 22.7 Å². The van der Waals surface area contributed by atoms with Gasteiger partial charge in [-0.1, -0.05) is 12.5 Å². The Kier molecular flexibility index (Phi) is 6.98. The second kappa shape index (κ2) is 8.78. The number of carbonyl (C=O) groups is 1. The van der Waals surface area contributed by atoms with Crippen LogP contribution in [0, 0.1) is 6.92 Å². The number of esters is 1. The summed E-state index contributed by atoms with van der Waals surface area (Å²) in [6.45, 7) is 7.06. The summed E-state index contributed by atoms with van der Waals surface area (Å²) in [6, 6.07) is 4.67. The van der Waals surface area contributed by atoms with Crippen LogP contribution in [-0.2, 0) is 19.5 Å². The number of piperidine rings is 1. The standard InChI is InChI=1S/C18H27NO5S/c1-14(2)23-11-12-24-18(20)16-8-7-15(3)17(13-16)25(21,22)19-9-5-4-6-10-19/h7-8,13-14H,4-6,9-12H2,1-3H3. The maximum atomic E-state index is 12.9. The van der Waals surface area contributed by atoms with Crippen LogP contribution >= 0.6 is 0 Å². The summed E-state index contributed by atoms with van der Waals surface area (Å²) in [5.74, 6) is -0.539. The van der Waals surface area contributed by atoms with E-state index in [0.29, 0.717) is 25.3 Å². The molecular formula is C18H27NO5S. The Labute approximate surface area is 150 Å². The summed E-state index contributed by atoms with van der Waals surface area (Å²) in [6.07, 6.45) is 2.86. The molecule has 0 amide bonds. The molecule has 0 saturated carbocycles. The van der Waals surface area contributed by atoms with Crippen molar-refractivity contribution >= 4 is 16.0 Å². The molecule has 0 N–H and O–H groups in total. The van der Waals surface area contributed by atoms with E-state index in [1.807, 2.05) is 13.8 Å². The van der Waals surface area contributed by atoms with Crippen LogP contribution in [-0.4, -0.2) is 51.1 Å². The first-order valence-corrected chi connectivity index (χ1v) is 10.2. The molecule has 1 aliphatic rings. The maximum absolute atomic E-state index is 12.9. The fourth-order valence-corrected chi connectivity index (χ4v) is 4.52. The summed E-state index contributed by atoms with van der Waals surface area (Å²) in [7, 11) is -3.58.